The van der Waals surface area contributed by atoms with Crippen LogP contribution < -0.4 is 10.6 Å². The van der Waals surface area contributed by atoms with E-state index in [1.54, 1.807) is 0 Å². The van der Waals surface area contributed by atoms with Gasteiger partial charge in [-0.25, -0.2) is 9.59 Å². The summed E-state index contributed by atoms with van der Waals surface area (Å²) < 4.78 is 10.5. The Bertz CT molecular complexity index is 931. The zero-order valence-electron chi connectivity index (χ0n) is 18.2. The van der Waals surface area contributed by atoms with E-state index in [9.17, 15) is 19.5 Å². The second-order valence-electron chi connectivity index (χ2n) is 7.67. The summed E-state index contributed by atoms with van der Waals surface area (Å²) in [5.74, 6) is -1.87. The van der Waals surface area contributed by atoms with Crippen molar-refractivity contribution in [2.24, 2.45) is 0 Å². The Morgan fingerprint density at radius 3 is 2.09 bits per heavy atom. The van der Waals surface area contributed by atoms with Crippen LogP contribution in [-0.2, 0) is 19.1 Å². The summed E-state index contributed by atoms with van der Waals surface area (Å²) in [7, 11) is 1.39. The van der Waals surface area contributed by atoms with Crippen molar-refractivity contribution in [2.45, 2.75) is 37.8 Å². The second kappa shape index (κ2) is 10.8. The molecule has 2 aromatic rings. The van der Waals surface area contributed by atoms with Crippen molar-refractivity contribution >= 4 is 18.0 Å². The first-order valence-corrected chi connectivity index (χ1v) is 10.6. The van der Waals surface area contributed by atoms with Gasteiger partial charge in [-0.05, 0) is 28.7 Å². The summed E-state index contributed by atoms with van der Waals surface area (Å²) in [4.78, 5) is 36.3. The van der Waals surface area contributed by atoms with E-state index in [0.29, 0.717) is 6.42 Å². The molecule has 1 aliphatic rings. The molecule has 2 atom stereocenters. The van der Waals surface area contributed by atoms with Gasteiger partial charge in [-0.2, -0.15) is 0 Å². The number of methoxy groups -OCH3 is 1. The monoisotopic (exact) mass is 440 g/mol. The van der Waals surface area contributed by atoms with Gasteiger partial charge >= 0.3 is 12.1 Å². The molecule has 170 valence electrons. The number of carbonyl (C=O) groups is 3. The van der Waals surface area contributed by atoms with Crippen molar-refractivity contribution < 1.29 is 29.0 Å². The number of aliphatic carboxylic acids is 1. The Labute approximate surface area is 186 Å². The number of ether oxygens (including phenoxy) is 2. The van der Waals surface area contributed by atoms with Gasteiger partial charge in [-0.15, -0.1) is 0 Å². The summed E-state index contributed by atoms with van der Waals surface area (Å²) in [6, 6.07) is 13.9. The Hall–Kier alpha value is -3.39. The van der Waals surface area contributed by atoms with Gasteiger partial charge in [0.2, 0.25) is 5.91 Å². The molecular weight excluding hydrogens is 412 g/mol. The molecule has 0 heterocycles. The zero-order valence-corrected chi connectivity index (χ0v) is 18.2. The smallest absolute Gasteiger partial charge is 0.407 e. The predicted molar refractivity (Wildman–Crippen MR) is 118 cm³/mol. The molecule has 0 aliphatic heterocycles. The lowest BCUT2D eigenvalue weighted by atomic mass is 9.98. The minimum Gasteiger partial charge on any atom is -0.480 e. The van der Waals surface area contributed by atoms with E-state index in [1.165, 1.54) is 7.11 Å². The third-order valence-corrected chi connectivity index (χ3v) is 5.48. The maximum absolute atomic E-state index is 12.5. The molecule has 0 unspecified atom stereocenters. The van der Waals surface area contributed by atoms with Crippen molar-refractivity contribution in [2.75, 3.05) is 20.3 Å². The van der Waals surface area contributed by atoms with Crippen molar-refractivity contribution in [1.82, 2.24) is 10.6 Å². The number of nitrogens with one attached hydrogen (secondary N) is 2. The fourth-order valence-corrected chi connectivity index (χ4v) is 3.95. The van der Waals surface area contributed by atoms with Crippen LogP contribution in [0, 0.1) is 0 Å². The highest BCUT2D eigenvalue weighted by Gasteiger charge is 2.30. The van der Waals surface area contributed by atoms with Gasteiger partial charge in [0.05, 0.1) is 6.61 Å². The van der Waals surface area contributed by atoms with E-state index in [-0.39, 0.29) is 25.6 Å². The Morgan fingerprint density at radius 2 is 1.56 bits per heavy atom. The molecule has 0 aromatic heterocycles. The number of fused-ring (bicyclic) bond motifs is 3. The van der Waals surface area contributed by atoms with E-state index >= 15 is 0 Å². The first kappa shape index (κ1) is 23.3. The Morgan fingerprint density at radius 1 is 0.969 bits per heavy atom. The summed E-state index contributed by atoms with van der Waals surface area (Å²) in [6.45, 7) is 1.81. The van der Waals surface area contributed by atoms with Crippen LogP contribution in [0.15, 0.2) is 48.5 Å². The molecule has 2 aromatic carbocycles. The van der Waals surface area contributed by atoms with Gasteiger partial charge in [0.25, 0.3) is 0 Å². The van der Waals surface area contributed by atoms with Gasteiger partial charge in [0, 0.05) is 13.0 Å². The maximum atomic E-state index is 12.5. The van der Waals surface area contributed by atoms with Crippen LogP contribution in [0.5, 0.6) is 0 Å². The number of carboxylic acids is 1. The minimum absolute atomic E-state index is 0.106. The van der Waals surface area contributed by atoms with Crippen LogP contribution in [-0.4, -0.2) is 55.5 Å². The molecule has 1 aliphatic carbocycles. The fourth-order valence-electron chi connectivity index (χ4n) is 3.95. The van der Waals surface area contributed by atoms with E-state index in [1.807, 2.05) is 55.5 Å². The number of carbonyl (C=O) groups excluding carboxylic acids is 2. The van der Waals surface area contributed by atoms with Crippen molar-refractivity contribution in [3.63, 3.8) is 0 Å². The van der Waals surface area contributed by atoms with Crippen LogP contribution in [0.1, 0.15) is 36.8 Å². The number of amides is 2. The number of hydrogen-bond donors (Lipinski definition) is 3. The summed E-state index contributed by atoms with van der Waals surface area (Å²) in [5, 5.41) is 14.2. The molecule has 8 heteroatoms. The van der Waals surface area contributed by atoms with E-state index in [2.05, 4.69) is 10.6 Å². The highest BCUT2D eigenvalue weighted by molar-refractivity contribution is 5.89. The van der Waals surface area contributed by atoms with E-state index in [0.717, 1.165) is 22.3 Å². The van der Waals surface area contributed by atoms with Crippen molar-refractivity contribution in [3.05, 3.63) is 59.7 Å². The van der Waals surface area contributed by atoms with E-state index < -0.39 is 30.1 Å². The number of carboxylic acid groups (broad SMARTS) is 1. The minimum atomic E-state index is -1.13. The standard InChI is InChI=1S/C24H28N2O6/c1-3-8-20(23(28)29)25-22(27)21(14-31-2)26-24(30)32-13-19-17-11-6-4-9-15(17)16-10-5-7-12-18(16)19/h4-7,9-12,19-21H,3,8,13-14H2,1-2H3,(H,25,27)(H,26,30)(H,28,29)/t20-,21+/m1/s1. The molecular formula is C24H28N2O6. The maximum Gasteiger partial charge on any atom is 0.407 e. The summed E-state index contributed by atoms with van der Waals surface area (Å²) in [5.41, 5.74) is 4.39. The second-order valence-corrected chi connectivity index (χ2v) is 7.67. The topological polar surface area (TPSA) is 114 Å². The number of rotatable bonds is 10. The molecule has 3 N–H and O–H groups in total. The SMILES string of the molecule is CCC[C@@H](NC(=O)[C@H](COC)NC(=O)OCC1c2ccccc2-c2ccccc21)C(=O)O. The average Bonchev–Trinajstić information content (AvgIpc) is 3.10. The molecule has 0 saturated carbocycles. The van der Waals surface area contributed by atoms with Gasteiger partial charge in [0.15, 0.2) is 0 Å². The van der Waals surface area contributed by atoms with Gasteiger partial charge in [0.1, 0.15) is 18.7 Å². The highest BCUT2D eigenvalue weighted by Crippen LogP contribution is 2.44. The van der Waals surface area contributed by atoms with Crippen LogP contribution in [0.25, 0.3) is 11.1 Å². The quantitative estimate of drug-likeness (QED) is 0.524. The molecule has 3 rings (SSSR count). The predicted octanol–water partition coefficient (Wildman–Crippen LogP) is 2.91. The summed E-state index contributed by atoms with van der Waals surface area (Å²) in [6.07, 6.45) is 0.101. The molecule has 0 bridgehead atoms. The van der Waals surface area contributed by atoms with Crippen LogP contribution in [0.2, 0.25) is 0 Å². The normalized spacial score (nSPS) is 14.1. The van der Waals surface area contributed by atoms with Gasteiger partial charge in [-0.3, -0.25) is 4.79 Å². The molecule has 2 amide bonds. The van der Waals surface area contributed by atoms with E-state index in [4.69, 9.17) is 9.47 Å². The molecule has 32 heavy (non-hydrogen) atoms. The Balaban J connectivity index is 1.64. The molecule has 0 saturated heterocycles. The fraction of sp³-hybridized carbons (Fsp3) is 0.375. The third-order valence-electron chi connectivity index (χ3n) is 5.48. The van der Waals surface area contributed by atoms with Crippen LogP contribution >= 0.6 is 0 Å². The van der Waals surface area contributed by atoms with Gasteiger partial charge in [-0.1, -0.05) is 61.9 Å². The lowest BCUT2D eigenvalue weighted by Gasteiger charge is -2.21. The first-order valence-electron chi connectivity index (χ1n) is 10.6. The van der Waals surface area contributed by atoms with Crippen molar-refractivity contribution in [3.8, 4) is 11.1 Å². The van der Waals surface area contributed by atoms with Crippen molar-refractivity contribution in [1.29, 1.82) is 0 Å². The highest BCUT2D eigenvalue weighted by atomic mass is 16.5. The number of alkyl carbamates (subject to hydrolysis) is 1. The van der Waals surface area contributed by atoms with Crippen LogP contribution in [0.4, 0.5) is 4.79 Å². The van der Waals surface area contributed by atoms with Crippen LogP contribution in [0.3, 0.4) is 0 Å². The van der Waals surface area contributed by atoms with Gasteiger partial charge < -0.3 is 25.2 Å². The largest absolute Gasteiger partial charge is 0.480 e. The lowest BCUT2D eigenvalue weighted by Crippen LogP contribution is -2.53. The molecule has 0 radical (unpaired) electrons. The molecule has 8 nitrogen and oxygen atoms in total. The zero-order chi connectivity index (χ0) is 23.1. The third kappa shape index (κ3) is 5.26. The average molecular weight is 440 g/mol. The molecule has 0 spiro atoms. The summed E-state index contributed by atoms with van der Waals surface area (Å²) >= 11 is 0. The number of hydrogen-bond acceptors (Lipinski definition) is 5. The Kier molecular flexibility index (Phi) is 7.83. The lowest BCUT2D eigenvalue weighted by molar-refractivity contribution is -0.142. The number of benzene rings is 2. The molecule has 0 fully saturated rings. The first-order chi connectivity index (χ1) is 15.5.